The molecule has 9 heteroatoms. The van der Waals surface area contributed by atoms with E-state index in [1.807, 2.05) is 48.5 Å². The van der Waals surface area contributed by atoms with Gasteiger partial charge in [-0.1, -0.05) is 48.5 Å². The smallest absolute Gasteiger partial charge is 0.359 e. The number of urea groups is 2. The van der Waals surface area contributed by atoms with Gasteiger partial charge in [-0.15, -0.1) is 5.06 Å². The molecule has 3 N–H and O–H groups in total. The van der Waals surface area contributed by atoms with Crippen molar-refractivity contribution < 1.29 is 29.4 Å². The number of carbonyl (C=O) groups is 3. The van der Waals surface area contributed by atoms with E-state index >= 15 is 0 Å². The molecule has 0 spiro atoms. The molecule has 0 aromatic rings. The van der Waals surface area contributed by atoms with Crippen LogP contribution in [0.3, 0.4) is 0 Å². The molecule has 9 nitrogen and oxygen atoms in total. The molecule has 0 unspecified atom stereocenters. The lowest BCUT2D eigenvalue weighted by Crippen LogP contribution is -2.55. The second-order valence-corrected chi connectivity index (χ2v) is 9.82. The highest BCUT2D eigenvalue weighted by atomic mass is 16.5. The van der Waals surface area contributed by atoms with E-state index < -0.39 is 29.5 Å². The average molecular weight is 418 g/mol. The Labute approximate surface area is 174 Å². The first-order valence-electron chi connectivity index (χ1n) is 9.90. The van der Waals surface area contributed by atoms with E-state index in [-0.39, 0.29) is 35.9 Å². The minimum absolute atomic E-state index is 0.0329. The van der Waals surface area contributed by atoms with Crippen LogP contribution in [0.25, 0.3) is 0 Å². The Hall–Kier alpha value is -1.71. The third-order valence-electron chi connectivity index (χ3n) is 4.05. The van der Waals surface area contributed by atoms with Crippen LogP contribution in [0.5, 0.6) is 0 Å². The zero-order valence-electron chi connectivity index (χ0n) is 19.1. The molecule has 0 aromatic carbocycles. The van der Waals surface area contributed by atoms with Crippen molar-refractivity contribution in [1.29, 1.82) is 0 Å². The predicted molar refractivity (Wildman–Crippen MR) is 109 cm³/mol. The van der Waals surface area contributed by atoms with Crippen molar-refractivity contribution in [1.82, 2.24) is 15.3 Å². The van der Waals surface area contributed by atoms with Gasteiger partial charge in [0.1, 0.15) is 6.10 Å². The quantitative estimate of drug-likeness (QED) is 0.392. The topological polar surface area (TPSA) is 119 Å². The molecule has 1 atom stereocenters. The van der Waals surface area contributed by atoms with E-state index in [1.165, 1.54) is 0 Å². The molecular weight excluding hydrogens is 378 g/mol. The van der Waals surface area contributed by atoms with Crippen LogP contribution in [0.2, 0.25) is 0 Å². The Bertz CT molecular complexity index is 557. The predicted octanol–water partition coefficient (Wildman–Crippen LogP) is 2.85. The number of ether oxygens (including phenoxy) is 1. The van der Waals surface area contributed by atoms with Gasteiger partial charge in [-0.25, -0.2) is 14.5 Å². The lowest BCUT2D eigenvalue weighted by Gasteiger charge is -2.32. The van der Waals surface area contributed by atoms with Crippen LogP contribution in [-0.4, -0.2) is 71.2 Å². The highest BCUT2D eigenvalue weighted by Crippen LogP contribution is 2.18. The summed E-state index contributed by atoms with van der Waals surface area (Å²) in [6, 6.07) is -1.94. The molecule has 0 aliphatic heterocycles. The van der Waals surface area contributed by atoms with Gasteiger partial charge in [-0.2, -0.15) is 0 Å². The van der Waals surface area contributed by atoms with Gasteiger partial charge in [-0.3, -0.25) is 10.0 Å². The summed E-state index contributed by atoms with van der Waals surface area (Å²) < 4.78 is 5.11. The number of nitrogens with one attached hydrogen (secondary N) is 1. The molecule has 0 fully saturated rings. The van der Waals surface area contributed by atoms with Gasteiger partial charge in [0.2, 0.25) is 0 Å². The number of carbonyl (C=O) groups excluding carboxylic acids is 3. The van der Waals surface area contributed by atoms with Crippen LogP contribution in [0.15, 0.2) is 0 Å². The number of amides is 5. The molecule has 0 aromatic heterocycles. The van der Waals surface area contributed by atoms with Gasteiger partial charge in [0, 0.05) is 25.6 Å². The molecule has 5 amide bonds. The standard InChI is InChI=1S/C20H39N3O6/c1-14(2)9-10-15(24)16(25)23(28)18(27)22(12-19(3,4)5)17(26)21-11-20(6,7)13-29-8/h14-15,24,28H,9-13H2,1-8H3,(H,21,26)/t15-/m0/s1. The first kappa shape index (κ1) is 27.3. The maximum atomic E-state index is 12.7. The van der Waals surface area contributed by atoms with E-state index in [0.717, 1.165) is 4.90 Å². The molecule has 0 aliphatic rings. The van der Waals surface area contributed by atoms with Gasteiger partial charge in [0.05, 0.1) is 6.61 Å². The molecule has 170 valence electrons. The monoisotopic (exact) mass is 417 g/mol. The Morgan fingerprint density at radius 1 is 1.07 bits per heavy atom. The number of hydroxylamine groups is 2. The number of aliphatic hydroxyl groups excluding tert-OH is 1. The third kappa shape index (κ3) is 10.6. The van der Waals surface area contributed by atoms with E-state index in [4.69, 9.17) is 4.74 Å². The number of imide groups is 2. The Balaban J connectivity index is 5.30. The number of aliphatic hydroxyl groups is 1. The van der Waals surface area contributed by atoms with E-state index in [1.54, 1.807) is 7.11 Å². The van der Waals surface area contributed by atoms with Gasteiger partial charge >= 0.3 is 12.1 Å². The molecule has 29 heavy (non-hydrogen) atoms. The summed E-state index contributed by atoms with van der Waals surface area (Å²) in [5.74, 6) is -0.902. The SMILES string of the molecule is COCC(C)(C)CNC(=O)N(CC(C)(C)C)C(=O)N(O)C(=O)[C@@H](O)CCC(C)C. The molecule has 0 bridgehead atoms. The third-order valence-corrected chi connectivity index (χ3v) is 4.05. The Morgan fingerprint density at radius 2 is 1.62 bits per heavy atom. The summed E-state index contributed by atoms with van der Waals surface area (Å²) in [7, 11) is 1.55. The van der Waals surface area contributed by atoms with Crippen molar-refractivity contribution in [3.05, 3.63) is 0 Å². The summed E-state index contributed by atoms with van der Waals surface area (Å²) >= 11 is 0. The lowest BCUT2D eigenvalue weighted by molar-refractivity contribution is -0.164. The minimum Gasteiger partial charge on any atom is -0.384 e. The van der Waals surface area contributed by atoms with Crippen molar-refractivity contribution in [2.45, 2.75) is 67.4 Å². The van der Waals surface area contributed by atoms with Crippen molar-refractivity contribution in [2.24, 2.45) is 16.7 Å². The van der Waals surface area contributed by atoms with Gasteiger partial charge in [0.25, 0.3) is 5.91 Å². The number of rotatable bonds is 9. The fraction of sp³-hybridized carbons (Fsp3) is 0.850. The average Bonchev–Trinajstić information content (AvgIpc) is 2.59. The van der Waals surface area contributed by atoms with Crippen molar-refractivity contribution in [3.8, 4) is 0 Å². The van der Waals surface area contributed by atoms with Crippen LogP contribution in [-0.2, 0) is 9.53 Å². The number of methoxy groups -OCH3 is 1. The first-order valence-corrected chi connectivity index (χ1v) is 9.90. The normalized spacial score (nSPS) is 13.2. The zero-order valence-corrected chi connectivity index (χ0v) is 19.1. The second-order valence-electron chi connectivity index (χ2n) is 9.82. The van der Waals surface area contributed by atoms with Crippen LogP contribution in [0.1, 0.15) is 61.3 Å². The summed E-state index contributed by atoms with van der Waals surface area (Å²) in [5, 5.41) is 22.5. The van der Waals surface area contributed by atoms with Gasteiger partial charge < -0.3 is 15.2 Å². The van der Waals surface area contributed by atoms with Crippen LogP contribution < -0.4 is 5.32 Å². The molecule has 0 rings (SSSR count). The van der Waals surface area contributed by atoms with Crippen molar-refractivity contribution >= 4 is 18.0 Å². The highest BCUT2D eigenvalue weighted by Gasteiger charge is 2.35. The maximum absolute atomic E-state index is 12.7. The minimum atomic E-state index is -1.52. The molecule has 0 heterocycles. The van der Waals surface area contributed by atoms with E-state index in [0.29, 0.717) is 13.0 Å². The lowest BCUT2D eigenvalue weighted by atomic mass is 9.95. The van der Waals surface area contributed by atoms with Gasteiger partial charge in [-0.05, 0) is 24.2 Å². The van der Waals surface area contributed by atoms with Crippen LogP contribution in [0, 0.1) is 16.7 Å². The first-order chi connectivity index (χ1) is 13.1. The molecule has 0 saturated carbocycles. The summed E-state index contributed by atoms with van der Waals surface area (Å²) in [6.45, 7) is 13.7. The second kappa shape index (κ2) is 11.5. The molecule has 0 saturated heterocycles. The fourth-order valence-corrected chi connectivity index (χ4v) is 2.52. The van der Waals surface area contributed by atoms with E-state index in [2.05, 4.69) is 5.32 Å². The number of hydrogen-bond acceptors (Lipinski definition) is 6. The van der Waals surface area contributed by atoms with Crippen molar-refractivity contribution in [3.63, 3.8) is 0 Å². The summed E-state index contributed by atoms with van der Waals surface area (Å²) in [5.41, 5.74) is -0.849. The van der Waals surface area contributed by atoms with Crippen LogP contribution >= 0.6 is 0 Å². The fourth-order valence-electron chi connectivity index (χ4n) is 2.52. The Kier molecular flexibility index (Phi) is 10.8. The zero-order chi connectivity index (χ0) is 23.0. The Morgan fingerprint density at radius 3 is 2.07 bits per heavy atom. The van der Waals surface area contributed by atoms with E-state index in [9.17, 15) is 24.7 Å². The maximum Gasteiger partial charge on any atom is 0.359 e. The number of nitrogens with zero attached hydrogens (tertiary/aromatic N) is 2. The summed E-state index contributed by atoms with van der Waals surface area (Å²) in [4.78, 5) is 38.3. The number of hydrogen-bond donors (Lipinski definition) is 3. The van der Waals surface area contributed by atoms with Crippen LogP contribution in [0.4, 0.5) is 9.59 Å². The largest absolute Gasteiger partial charge is 0.384 e. The molecular formula is C20H39N3O6. The van der Waals surface area contributed by atoms with Gasteiger partial charge in [0.15, 0.2) is 0 Å². The highest BCUT2D eigenvalue weighted by molar-refractivity contribution is 6.01. The summed E-state index contributed by atoms with van der Waals surface area (Å²) in [6.07, 6.45) is -0.862. The molecule has 0 radical (unpaired) electrons. The molecule has 0 aliphatic carbocycles. The van der Waals surface area contributed by atoms with Crippen molar-refractivity contribution in [2.75, 3.05) is 26.8 Å².